The number of nitrogens with zero attached hydrogens (tertiary/aromatic N) is 3. The van der Waals surface area contributed by atoms with Crippen LogP contribution in [0.2, 0.25) is 0 Å². The lowest BCUT2D eigenvalue weighted by Crippen LogP contribution is -2.09. The van der Waals surface area contributed by atoms with Crippen LogP contribution in [0.25, 0.3) is 0 Å². The van der Waals surface area contributed by atoms with Crippen molar-refractivity contribution in [2.24, 2.45) is 5.16 Å². The lowest BCUT2D eigenvalue weighted by atomic mass is 10.1. The second-order valence-corrected chi connectivity index (χ2v) is 4.64. The number of ketones is 1. The van der Waals surface area contributed by atoms with Gasteiger partial charge in [-0.15, -0.1) is 0 Å². The second-order valence-electron chi connectivity index (χ2n) is 4.64. The number of hydrogen-bond donors (Lipinski definition) is 0. The van der Waals surface area contributed by atoms with Gasteiger partial charge in [0.1, 0.15) is 11.3 Å². The van der Waals surface area contributed by atoms with E-state index in [1.807, 2.05) is 0 Å². The highest BCUT2D eigenvalue weighted by Gasteiger charge is 2.25. The molecule has 2 rings (SSSR count). The number of non-ortho nitro benzene ring substituents is 1. The highest BCUT2D eigenvalue weighted by Crippen LogP contribution is 2.25. The molecule has 0 amide bonds. The molecule has 0 bridgehead atoms. The number of benzene rings is 1. The van der Waals surface area contributed by atoms with Crippen molar-refractivity contribution in [1.29, 1.82) is 0 Å². The van der Waals surface area contributed by atoms with E-state index in [2.05, 4.69) is 9.99 Å². The van der Waals surface area contributed by atoms with Crippen LogP contribution in [-0.2, 0) is 9.63 Å². The molecule has 0 spiro atoms. The Morgan fingerprint density at radius 1 is 1.17 bits per heavy atom. The van der Waals surface area contributed by atoms with Gasteiger partial charge >= 0.3 is 5.97 Å². The fraction of sp³-hybridized carbons (Fsp3) is 0.0714. The maximum absolute atomic E-state index is 11.9. The molecule has 0 atom stereocenters. The SMILES string of the molecule is CC1=CC(=NOC(=O)c2ccc([N+](=O)[O-])cc2[N+](=O)[O-])C=CC1=O. The predicted octanol–water partition coefficient (Wildman–Crippen LogP) is 2.10. The first kappa shape index (κ1) is 16.7. The van der Waals surface area contributed by atoms with E-state index in [9.17, 15) is 29.8 Å². The van der Waals surface area contributed by atoms with E-state index in [4.69, 9.17) is 0 Å². The monoisotopic (exact) mass is 331 g/mol. The minimum Gasteiger partial charge on any atom is -0.312 e. The van der Waals surface area contributed by atoms with Crippen LogP contribution in [0, 0.1) is 20.2 Å². The van der Waals surface area contributed by atoms with Crippen LogP contribution in [0.15, 0.2) is 47.2 Å². The molecule has 1 aliphatic rings. The molecule has 24 heavy (non-hydrogen) atoms. The number of carbonyl (C=O) groups is 2. The molecule has 0 unspecified atom stereocenters. The van der Waals surface area contributed by atoms with Crippen molar-refractivity contribution < 1.29 is 24.3 Å². The average Bonchev–Trinajstić information content (AvgIpc) is 2.54. The van der Waals surface area contributed by atoms with Crippen LogP contribution in [0.3, 0.4) is 0 Å². The number of rotatable bonds is 4. The summed E-state index contributed by atoms with van der Waals surface area (Å²) >= 11 is 0. The van der Waals surface area contributed by atoms with Gasteiger partial charge in [0.25, 0.3) is 11.4 Å². The van der Waals surface area contributed by atoms with Gasteiger partial charge in [-0.25, -0.2) is 4.79 Å². The van der Waals surface area contributed by atoms with Gasteiger partial charge in [-0.2, -0.15) is 0 Å². The summed E-state index contributed by atoms with van der Waals surface area (Å²) in [7, 11) is 0. The third kappa shape index (κ3) is 3.55. The number of allylic oxidation sites excluding steroid dienone is 4. The van der Waals surface area contributed by atoms with Crippen molar-refractivity contribution in [3.8, 4) is 0 Å². The van der Waals surface area contributed by atoms with Crippen molar-refractivity contribution >= 4 is 28.8 Å². The molecule has 0 saturated carbocycles. The zero-order valence-corrected chi connectivity index (χ0v) is 12.2. The summed E-state index contributed by atoms with van der Waals surface area (Å²) in [6.45, 7) is 1.55. The Hall–Kier alpha value is -3.69. The Kier molecular flexibility index (Phi) is 4.59. The van der Waals surface area contributed by atoms with Gasteiger partial charge < -0.3 is 4.84 Å². The second kappa shape index (κ2) is 6.60. The smallest absolute Gasteiger partial charge is 0.312 e. The van der Waals surface area contributed by atoms with Crippen LogP contribution < -0.4 is 0 Å². The van der Waals surface area contributed by atoms with Gasteiger partial charge in [-0.1, -0.05) is 5.16 Å². The normalized spacial score (nSPS) is 15.1. The Morgan fingerprint density at radius 2 is 1.88 bits per heavy atom. The first-order chi connectivity index (χ1) is 11.3. The first-order valence-electron chi connectivity index (χ1n) is 6.42. The van der Waals surface area contributed by atoms with Crippen molar-refractivity contribution in [3.05, 3.63) is 67.8 Å². The summed E-state index contributed by atoms with van der Waals surface area (Å²) in [5.41, 5.74) is -1.22. The molecule has 0 saturated heterocycles. The van der Waals surface area contributed by atoms with Crippen LogP contribution in [0.1, 0.15) is 17.3 Å². The molecule has 10 nitrogen and oxygen atoms in total. The molecule has 10 heteroatoms. The van der Waals surface area contributed by atoms with Crippen molar-refractivity contribution in [3.63, 3.8) is 0 Å². The average molecular weight is 331 g/mol. The Balaban J connectivity index is 2.27. The first-order valence-corrected chi connectivity index (χ1v) is 6.42. The maximum atomic E-state index is 11.9. The van der Waals surface area contributed by atoms with E-state index in [1.165, 1.54) is 18.2 Å². The summed E-state index contributed by atoms with van der Waals surface area (Å²) in [5.74, 6) is -1.37. The molecular formula is C14H9N3O7. The molecule has 0 fully saturated rings. The van der Waals surface area contributed by atoms with Crippen molar-refractivity contribution in [2.45, 2.75) is 6.92 Å². The minimum absolute atomic E-state index is 0.171. The Bertz CT molecular complexity index is 852. The van der Waals surface area contributed by atoms with E-state index in [0.29, 0.717) is 11.6 Å². The highest BCUT2D eigenvalue weighted by molar-refractivity contribution is 6.18. The van der Waals surface area contributed by atoms with E-state index in [-0.39, 0.29) is 11.5 Å². The third-order valence-electron chi connectivity index (χ3n) is 3.00. The Labute approximate surface area is 134 Å². The van der Waals surface area contributed by atoms with Gasteiger partial charge in [0.05, 0.1) is 15.9 Å². The lowest BCUT2D eigenvalue weighted by molar-refractivity contribution is -0.394. The third-order valence-corrected chi connectivity index (χ3v) is 3.00. The number of nitro groups is 2. The van der Waals surface area contributed by atoms with Gasteiger partial charge in [-0.3, -0.25) is 25.0 Å². The van der Waals surface area contributed by atoms with E-state index < -0.39 is 32.8 Å². The predicted molar refractivity (Wildman–Crippen MR) is 80.5 cm³/mol. The van der Waals surface area contributed by atoms with E-state index in [0.717, 1.165) is 12.1 Å². The summed E-state index contributed by atoms with van der Waals surface area (Å²) in [6.07, 6.45) is 3.92. The summed E-state index contributed by atoms with van der Waals surface area (Å²) in [6, 6.07) is 2.52. The number of hydrogen-bond acceptors (Lipinski definition) is 8. The molecule has 1 aliphatic carbocycles. The van der Waals surface area contributed by atoms with Gasteiger partial charge in [0.15, 0.2) is 5.78 Å². The topological polar surface area (TPSA) is 142 Å². The number of nitro benzene ring substituents is 2. The molecule has 1 aromatic carbocycles. The van der Waals surface area contributed by atoms with Gasteiger partial charge in [0.2, 0.25) is 0 Å². The van der Waals surface area contributed by atoms with Crippen LogP contribution in [0.4, 0.5) is 11.4 Å². The summed E-state index contributed by atoms with van der Waals surface area (Å²) in [5, 5.41) is 25.1. The van der Waals surface area contributed by atoms with E-state index >= 15 is 0 Å². The summed E-state index contributed by atoms with van der Waals surface area (Å²) < 4.78 is 0. The van der Waals surface area contributed by atoms with Gasteiger partial charge in [0, 0.05) is 6.07 Å². The summed E-state index contributed by atoms with van der Waals surface area (Å²) in [4.78, 5) is 47.7. The fourth-order valence-electron chi connectivity index (χ4n) is 1.79. The van der Waals surface area contributed by atoms with Crippen LogP contribution >= 0.6 is 0 Å². The van der Waals surface area contributed by atoms with Gasteiger partial charge in [-0.05, 0) is 36.8 Å². The van der Waals surface area contributed by atoms with Crippen molar-refractivity contribution in [1.82, 2.24) is 0 Å². The molecule has 122 valence electrons. The van der Waals surface area contributed by atoms with Crippen LogP contribution in [-0.4, -0.2) is 27.3 Å². The number of oxime groups is 1. The molecule has 0 N–H and O–H groups in total. The van der Waals surface area contributed by atoms with Crippen molar-refractivity contribution in [2.75, 3.05) is 0 Å². The quantitative estimate of drug-likeness (QED) is 0.356. The van der Waals surface area contributed by atoms with Crippen LogP contribution in [0.5, 0.6) is 0 Å². The zero-order chi connectivity index (χ0) is 17.9. The molecule has 0 aliphatic heterocycles. The standard InChI is InChI=1S/C14H9N3O7/c1-8-6-9(2-5-13(8)18)15-24-14(19)11-4-3-10(16(20)21)7-12(11)17(22)23/h2-7H,1H3. The maximum Gasteiger partial charge on any atom is 0.372 e. The molecule has 0 radical (unpaired) electrons. The van der Waals surface area contributed by atoms with E-state index in [1.54, 1.807) is 6.92 Å². The largest absolute Gasteiger partial charge is 0.372 e. The molecular weight excluding hydrogens is 322 g/mol. The molecule has 0 aromatic heterocycles. The molecule has 0 heterocycles. The molecule has 1 aromatic rings. The Morgan fingerprint density at radius 3 is 2.46 bits per heavy atom. The lowest BCUT2D eigenvalue weighted by Gasteiger charge is -2.04. The minimum atomic E-state index is -1.15. The number of carbonyl (C=O) groups excluding carboxylic acids is 2. The highest BCUT2D eigenvalue weighted by atomic mass is 16.7. The zero-order valence-electron chi connectivity index (χ0n) is 12.2. The fourth-order valence-corrected chi connectivity index (χ4v) is 1.79.